The molecule has 0 aliphatic carbocycles. The summed E-state index contributed by atoms with van der Waals surface area (Å²) in [6.07, 6.45) is 0. The summed E-state index contributed by atoms with van der Waals surface area (Å²) >= 11 is 0. The zero-order valence-corrected chi connectivity index (χ0v) is 12.6. The average molecular weight is 340 g/mol. The number of nitrogens with zero attached hydrogens (tertiary/aromatic N) is 3. The summed E-state index contributed by atoms with van der Waals surface area (Å²) < 4.78 is 29.7. The van der Waals surface area contributed by atoms with Gasteiger partial charge in [-0.05, 0) is 36.1 Å². The van der Waals surface area contributed by atoms with E-state index < -0.39 is 17.4 Å². The first-order chi connectivity index (χ1) is 11.4. The van der Waals surface area contributed by atoms with Crippen molar-refractivity contribution in [3.8, 4) is 5.75 Å². The highest BCUT2D eigenvalue weighted by Crippen LogP contribution is 2.15. The molecular weight excluding hydrogens is 326 g/mol. The molecule has 1 aromatic heterocycles. The van der Waals surface area contributed by atoms with Gasteiger partial charge in [0.25, 0.3) is 5.91 Å². The fourth-order valence-corrected chi connectivity index (χ4v) is 1.97. The first-order valence-electron chi connectivity index (χ1n) is 6.88. The Morgan fingerprint density at radius 3 is 2.62 bits per heavy atom. The summed E-state index contributed by atoms with van der Waals surface area (Å²) in [5, 5.41) is 17.0. The van der Waals surface area contributed by atoms with Gasteiger partial charge in [0.2, 0.25) is 0 Å². The van der Waals surface area contributed by atoms with Gasteiger partial charge in [-0.25, -0.2) is 0 Å². The second-order valence-electron chi connectivity index (χ2n) is 4.78. The molecule has 0 atom stereocenters. The third-order valence-corrected chi connectivity index (χ3v) is 3.11. The van der Waals surface area contributed by atoms with E-state index in [0.717, 1.165) is 0 Å². The second kappa shape index (κ2) is 7.49. The number of benzene rings is 1. The molecule has 2 rings (SSSR count). The largest absolute Gasteiger partial charge is 0.435 e. The van der Waals surface area contributed by atoms with E-state index in [0.29, 0.717) is 5.69 Å². The number of hydrogen-bond donors (Lipinski definition) is 1. The molecule has 2 aromatic rings. The summed E-state index contributed by atoms with van der Waals surface area (Å²) in [6.45, 7) is -0.791. The number of aryl methyl sites for hydroxylation is 1. The van der Waals surface area contributed by atoms with Crippen LogP contribution in [-0.2, 0) is 6.54 Å². The van der Waals surface area contributed by atoms with Crippen LogP contribution in [-0.4, -0.2) is 33.8 Å². The maximum absolute atomic E-state index is 12.0. The van der Waals surface area contributed by atoms with Crippen LogP contribution in [0.5, 0.6) is 5.75 Å². The predicted molar refractivity (Wildman–Crippen MR) is 79.0 cm³/mol. The van der Waals surface area contributed by atoms with E-state index in [4.69, 9.17) is 0 Å². The molecule has 0 aliphatic rings. The first kappa shape index (κ1) is 17.3. The molecule has 8 nitrogen and oxygen atoms in total. The Morgan fingerprint density at radius 1 is 1.42 bits per heavy atom. The lowest BCUT2D eigenvalue weighted by atomic mass is 10.2. The molecule has 0 spiro atoms. The number of rotatable bonds is 7. The SMILES string of the molecule is Cc1cc([N+](=O)[O-])nn1CCNC(=O)c1ccc(OC(F)F)cc1. The minimum atomic E-state index is -2.92. The van der Waals surface area contributed by atoms with Gasteiger partial charge in [-0.3, -0.25) is 4.79 Å². The van der Waals surface area contributed by atoms with Crippen molar-refractivity contribution in [3.05, 3.63) is 51.7 Å². The van der Waals surface area contributed by atoms with Crippen molar-refractivity contribution in [2.24, 2.45) is 0 Å². The summed E-state index contributed by atoms with van der Waals surface area (Å²) in [6, 6.07) is 6.59. The maximum atomic E-state index is 12.0. The highest BCUT2D eigenvalue weighted by Gasteiger charge is 2.15. The van der Waals surface area contributed by atoms with Crippen molar-refractivity contribution in [3.63, 3.8) is 0 Å². The molecule has 128 valence electrons. The van der Waals surface area contributed by atoms with Crippen LogP contribution in [0.2, 0.25) is 0 Å². The average Bonchev–Trinajstić information content (AvgIpc) is 2.89. The molecule has 1 aromatic carbocycles. The minimum Gasteiger partial charge on any atom is -0.435 e. The highest BCUT2D eigenvalue weighted by atomic mass is 19.3. The molecule has 0 saturated heterocycles. The number of carbonyl (C=O) groups excluding carboxylic acids is 1. The maximum Gasteiger partial charge on any atom is 0.390 e. The quantitative estimate of drug-likeness (QED) is 0.615. The normalized spacial score (nSPS) is 10.7. The molecule has 0 aliphatic heterocycles. The molecule has 10 heteroatoms. The molecule has 0 radical (unpaired) electrons. The molecule has 1 heterocycles. The molecule has 0 fully saturated rings. The Bertz CT molecular complexity index is 731. The molecule has 1 N–H and O–H groups in total. The van der Waals surface area contributed by atoms with E-state index in [1.54, 1.807) is 6.92 Å². The third kappa shape index (κ3) is 4.48. The Morgan fingerprint density at radius 2 is 2.08 bits per heavy atom. The minimum absolute atomic E-state index is 0.0407. The van der Waals surface area contributed by atoms with Crippen LogP contribution in [0, 0.1) is 17.0 Å². The number of alkyl halides is 2. The van der Waals surface area contributed by atoms with Crippen LogP contribution < -0.4 is 10.1 Å². The van der Waals surface area contributed by atoms with Gasteiger partial charge in [0, 0.05) is 12.1 Å². The second-order valence-corrected chi connectivity index (χ2v) is 4.78. The van der Waals surface area contributed by atoms with Crippen LogP contribution in [0.1, 0.15) is 16.1 Å². The van der Waals surface area contributed by atoms with E-state index in [9.17, 15) is 23.7 Å². The van der Waals surface area contributed by atoms with Crippen LogP contribution in [0.15, 0.2) is 30.3 Å². The van der Waals surface area contributed by atoms with Crippen LogP contribution in [0.3, 0.4) is 0 Å². The smallest absolute Gasteiger partial charge is 0.390 e. The molecule has 0 unspecified atom stereocenters. The Labute approximate surface area is 135 Å². The van der Waals surface area contributed by atoms with Gasteiger partial charge >= 0.3 is 12.4 Å². The number of carbonyl (C=O) groups is 1. The zero-order chi connectivity index (χ0) is 17.7. The number of hydrogen-bond acceptors (Lipinski definition) is 5. The van der Waals surface area contributed by atoms with Gasteiger partial charge in [0.15, 0.2) is 0 Å². The molecule has 0 bridgehead atoms. The highest BCUT2D eigenvalue weighted by molar-refractivity contribution is 5.94. The summed E-state index contributed by atoms with van der Waals surface area (Å²) in [7, 11) is 0. The zero-order valence-electron chi connectivity index (χ0n) is 12.6. The van der Waals surface area contributed by atoms with E-state index in [1.807, 2.05) is 0 Å². The van der Waals surface area contributed by atoms with Crippen molar-refractivity contribution in [1.29, 1.82) is 0 Å². The lowest BCUT2D eigenvalue weighted by molar-refractivity contribution is -0.389. The first-order valence-corrected chi connectivity index (χ1v) is 6.88. The van der Waals surface area contributed by atoms with Crippen molar-refractivity contribution >= 4 is 11.7 Å². The van der Waals surface area contributed by atoms with Gasteiger partial charge in [-0.2, -0.15) is 13.5 Å². The van der Waals surface area contributed by atoms with Gasteiger partial charge in [0.05, 0.1) is 23.4 Å². The van der Waals surface area contributed by atoms with E-state index >= 15 is 0 Å². The van der Waals surface area contributed by atoms with E-state index in [-0.39, 0.29) is 30.2 Å². The third-order valence-electron chi connectivity index (χ3n) is 3.11. The fraction of sp³-hybridized carbons (Fsp3) is 0.286. The number of halogens is 2. The number of ether oxygens (including phenoxy) is 1. The summed E-state index contributed by atoms with van der Waals surface area (Å²) in [5.41, 5.74) is 0.879. The summed E-state index contributed by atoms with van der Waals surface area (Å²) in [5.74, 6) is -0.702. The topological polar surface area (TPSA) is 99.3 Å². The number of aromatic nitrogens is 2. The van der Waals surface area contributed by atoms with Gasteiger partial charge < -0.3 is 20.2 Å². The van der Waals surface area contributed by atoms with Crippen LogP contribution >= 0.6 is 0 Å². The predicted octanol–water partition coefficient (Wildman–Crippen LogP) is 2.13. The monoisotopic (exact) mass is 340 g/mol. The van der Waals surface area contributed by atoms with Gasteiger partial charge in [-0.1, -0.05) is 0 Å². The van der Waals surface area contributed by atoms with E-state index in [2.05, 4.69) is 15.2 Å². The van der Waals surface area contributed by atoms with Crippen molar-refractivity contribution in [2.45, 2.75) is 20.1 Å². The molecule has 0 saturated carbocycles. The van der Waals surface area contributed by atoms with Crippen molar-refractivity contribution in [1.82, 2.24) is 15.1 Å². The lowest BCUT2D eigenvalue weighted by Gasteiger charge is -2.07. The molecule has 1 amide bonds. The van der Waals surface area contributed by atoms with Gasteiger partial charge in [-0.15, -0.1) is 0 Å². The number of nitro groups is 1. The Kier molecular flexibility index (Phi) is 5.40. The Hall–Kier alpha value is -3.04. The molecule has 24 heavy (non-hydrogen) atoms. The standard InChI is InChI=1S/C14H14F2N4O4/c1-9-8-12(20(22)23)18-19(9)7-6-17-13(21)10-2-4-11(5-3-10)24-14(15)16/h2-5,8,14H,6-7H2,1H3,(H,17,21). The van der Waals surface area contributed by atoms with E-state index in [1.165, 1.54) is 35.0 Å². The van der Waals surface area contributed by atoms with Crippen LogP contribution in [0.4, 0.5) is 14.6 Å². The van der Waals surface area contributed by atoms with Gasteiger partial charge in [0.1, 0.15) is 5.75 Å². The Balaban J connectivity index is 1.88. The van der Waals surface area contributed by atoms with Crippen molar-refractivity contribution < 1.29 is 23.2 Å². The fourth-order valence-electron chi connectivity index (χ4n) is 1.97. The molecular formula is C14H14F2N4O4. The number of nitrogens with one attached hydrogen (secondary N) is 1. The van der Waals surface area contributed by atoms with Crippen LogP contribution in [0.25, 0.3) is 0 Å². The number of amides is 1. The van der Waals surface area contributed by atoms with Crippen molar-refractivity contribution in [2.75, 3.05) is 6.54 Å². The lowest BCUT2D eigenvalue weighted by Crippen LogP contribution is -2.27. The summed E-state index contributed by atoms with van der Waals surface area (Å²) in [4.78, 5) is 22.0.